The number of hydrogen-bond acceptors (Lipinski definition) is 3. The maximum atomic E-state index is 4.05. The van der Waals surface area contributed by atoms with Gasteiger partial charge < -0.3 is 0 Å². The molecule has 0 fully saturated rings. The summed E-state index contributed by atoms with van der Waals surface area (Å²) in [6.45, 7) is 3.00. The minimum Gasteiger partial charge on any atom is -0.185 e. The van der Waals surface area contributed by atoms with Crippen molar-refractivity contribution in [2.75, 3.05) is 6.54 Å². The molecule has 0 saturated heterocycles. The summed E-state index contributed by atoms with van der Waals surface area (Å²) < 4.78 is 0. The van der Waals surface area contributed by atoms with E-state index in [1.54, 1.807) is 5.12 Å². The predicted molar refractivity (Wildman–Crippen MR) is 38.6 cm³/mol. The zero-order valence-electron chi connectivity index (χ0n) is 5.62. The Labute approximate surface area is 55.0 Å². The summed E-state index contributed by atoms with van der Waals surface area (Å²) in [5, 5.41) is 9.75. The topological polar surface area (TPSA) is 28.0 Å². The van der Waals surface area contributed by atoms with Gasteiger partial charge in [-0.25, -0.2) is 0 Å². The van der Waals surface area contributed by atoms with Gasteiger partial charge in [0.25, 0.3) is 0 Å². The molecule has 0 radical (unpaired) electrons. The second-order valence-corrected chi connectivity index (χ2v) is 1.89. The van der Waals surface area contributed by atoms with Gasteiger partial charge in [0.15, 0.2) is 0 Å². The molecule has 0 unspecified atom stereocenters. The molecular formula is C6H11N3. The highest BCUT2D eigenvalue weighted by molar-refractivity contribution is 5.60. The van der Waals surface area contributed by atoms with Crippen molar-refractivity contribution in [2.45, 2.75) is 19.8 Å². The number of hydrazone groups is 2. The average molecular weight is 125 g/mol. The van der Waals surface area contributed by atoms with E-state index in [2.05, 4.69) is 17.1 Å². The summed E-state index contributed by atoms with van der Waals surface area (Å²) in [5.41, 5.74) is 0. The van der Waals surface area contributed by atoms with E-state index in [0.29, 0.717) is 0 Å². The Morgan fingerprint density at radius 2 is 2.78 bits per heavy atom. The lowest BCUT2D eigenvalue weighted by atomic mass is 10.5. The molecule has 9 heavy (non-hydrogen) atoms. The van der Waals surface area contributed by atoms with Crippen molar-refractivity contribution < 1.29 is 0 Å². The third kappa shape index (κ3) is 1.83. The summed E-state index contributed by atoms with van der Waals surface area (Å²) in [4.78, 5) is 0. The van der Waals surface area contributed by atoms with Gasteiger partial charge in [0.05, 0.1) is 6.54 Å². The highest BCUT2D eigenvalue weighted by Crippen LogP contribution is 1.98. The van der Waals surface area contributed by atoms with Crippen LogP contribution in [0.4, 0.5) is 0 Å². The summed E-state index contributed by atoms with van der Waals surface area (Å²) in [6, 6.07) is 0. The molecule has 1 rings (SSSR count). The summed E-state index contributed by atoms with van der Waals surface area (Å²) in [6.07, 6.45) is 5.75. The molecule has 0 aromatic carbocycles. The SMILES string of the molecule is CC/C=N\N1CCC=N1. The first kappa shape index (κ1) is 6.26. The zero-order chi connectivity index (χ0) is 6.53. The number of nitrogens with zero attached hydrogens (tertiary/aromatic N) is 3. The van der Waals surface area contributed by atoms with Gasteiger partial charge in [0.2, 0.25) is 0 Å². The van der Waals surface area contributed by atoms with Gasteiger partial charge in [-0.1, -0.05) is 6.92 Å². The fourth-order valence-corrected chi connectivity index (χ4v) is 0.646. The van der Waals surface area contributed by atoms with E-state index in [1.807, 2.05) is 12.4 Å². The van der Waals surface area contributed by atoms with Gasteiger partial charge >= 0.3 is 0 Å². The minimum atomic E-state index is 0.941. The highest BCUT2D eigenvalue weighted by Gasteiger charge is 1.99. The van der Waals surface area contributed by atoms with Crippen molar-refractivity contribution in [3.63, 3.8) is 0 Å². The third-order valence-corrected chi connectivity index (χ3v) is 1.07. The predicted octanol–water partition coefficient (Wildman–Crippen LogP) is 1.07. The van der Waals surface area contributed by atoms with Crippen LogP contribution in [0.2, 0.25) is 0 Å². The molecule has 0 bridgehead atoms. The smallest absolute Gasteiger partial charge is 0.0656 e. The van der Waals surface area contributed by atoms with E-state index in [1.165, 1.54) is 0 Å². The molecule has 0 saturated carbocycles. The lowest BCUT2D eigenvalue weighted by Gasteiger charge is -2.02. The lowest BCUT2D eigenvalue weighted by molar-refractivity contribution is 0.339. The quantitative estimate of drug-likeness (QED) is 0.507. The Morgan fingerprint density at radius 3 is 3.33 bits per heavy atom. The van der Waals surface area contributed by atoms with E-state index < -0.39 is 0 Å². The fraction of sp³-hybridized carbons (Fsp3) is 0.667. The lowest BCUT2D eigenvalue weighted by Crippen LogP contribution is -2.04. The molecule has 0 spiro atoms. The first-order chi connectivity index (χ1) is 4.43. The maximum absolute atomic E-state index is 4.05. The van der Waals surface area contributed by atoms with E-state index in [-0.39, 0.29) is 0 Å². The Morgan fingerprint density at radius 1 is 1.89 bits per heavy atom. The van der Waals surface area contributed by atoms with Crippen LogP contribution in [0, 0.1) is 0 Å². The summed E-state index contributed by atoms with van der Waals surface area (Å²) in [7, 11) is 0. The number of hydrogen-bond donors (Lipinski definition) is 0. The van der Waals surface area contributed by atoms with Crippen LogP contribution >= 0.6 is 0 Å². The molecule has 0 aromatic rings. The van der Waals surface area contributed by atoms with Gasteiger partial charge in [-0.2, -0.15) is 15.3 Å². The van der Waals surface area contributed by atoms with E-state index in [4.69, 9.17) is 0 Å². The molecule has 1 heterocycles. The zero-order valence-corrected chi connectivity index (χ0v) is 5.62. The van der Waals surface area contributed by atoms with Crippen molar-refractivity contribution in [3.05, 3.63) is 0 Å². The largest absolute Gasteiger partial charge is 0.185 e. The van der Waals surface area contributed by atoms with Crippen LogP contribution in [0.3, 0.4) is 0 Å². The first-order valence-electron chi connectivity index (χ1n) is 3.26. The van der Waals surface area contributed by atoms with Gasteiger partial charge in [-0.15, -0.1) is 0 Å². The Bertz CT molecular complexity index is 128. The van der Waals surface area contributed by atoms with Crippen LogP contribution in [0.1, 0.15) is 19.8 Å². The molecule has 0 aromatic heterocycles. The van der Waals surface area contributed by atoms with Crippen LogP contribution < -0.4 is 0 Å². The molecule has 0 atom stereocenters. The van der Waals surface area contributed by atoms with E-state index >= 15 is 0 Å². The van der Waals surface area contributed by atoms with Crippen molar-refractivity contribution in [3.8, 4) is 0 Å². The maximum Gasteiger partial charge on any atom is 0.0656 e. The van der Waals surface area contributed by atoms with Crippen LogP contribution in [0.5, 0.6) is 0 Å². The molecule has 1 aliphatic rings. The standard InChI is InChI=1S/C6H11N3/c1-2-4-7-9-6-3-5-8-9/h4-5H,2-3,6H2,1H3/b7-4-. The molecule has 0 aliphatic carbocycles. The summed E-state index contributed by atoms with van der Waals surface area (Å²) in [5.74, 6) is 0. The van der Waals surface area contributed by atoms with Gasteiger partial charge in [-0.3, -0.25) is 0 Å². The highest BCUT2D eigenvalue weighted by atomic mass is 15.7. The van der Waals surface area contributed by atoms with Crippen LogP contribution in [0.25, 0.3) is 0 Å². The van der Waals surface area contributed by atoms with Crippen LogP contribution in [-0.2, 0) is 0 Å². The van der Waals surface area contributed by atoms with Crippen LogP contribution in [-0.4, -0.2) is 24.1 Å². The molecule has 0 amide bonds. The second-order valence-electron chi connectivity index (χ2n) is 1.89. The molecule has 1 aliphatic heterocycles. The second kappa shape index (κ2) is 3.22. The van der Waals surface area contributed by atoms with E-state index in [9.17, 15) is 0 Å². The van der Waals surface area contributed by atoms with Crippen molar-refractivity contribution in [2.24, 2.45) is 10.2 Å². The monoisotopic (exact) mass is 125 g/mol. The molecular weight excluding hydrogens is 114 g/mol. The van der Waals surface area contributed by atoms with Crippen molar-refractivity contribution >= 4 is 12.4 Å². The van der Waals surface area contributed by atoms with Gasteiger partial charge in [0.1, 0.15) is 0 Å². The molecule has 3 heteroatoms. The minimum absolute atomic E-state index is 0.941. The average Bonchev–Trinajstić information content (AvgIpc) is 2.34. The molecule has 3 nitrogen and oxygen atoms in total. The molecule has 0 N–H and O–H groups in total. The van der Waals surface area contributed by atoms with Gasteiger partial charge in [-0.05, 0) is 6.42 Å². The molecule has 50 valence electrons. The van der Waals surface area contributed by atoms with Crippen LogP contribution in [0.15, 0.2) is 10.2 Å². The third-order valence-electron chi connectivity index (χ3n) is 1.07. The number of rotatable bonds is 2. The Balaban J connectivity index is 2.27. The fourth-order valence-electron chi connectivity index (χ4n) is 0.646. The van der Waals surface area contributed by atoms with E-state index in [0.717, 1.165) is 19.4 Å². The van der Waals surface area contributed by atoms with Crippen molar-refractivity contribution in [1.82, 2.24) is 5.12 Å². The van der Waals surface area contributed by atoms with Crippen molar-refractivity contribution in [1.29, 1.82) is 0 Å². The summed E-state index contributed by atoms with van der Waals surface area (Å²) >= 11 is 0. The Hall–Kier alpha value is -0.860. The first-order valence-corrected chi connectivity index (χ1v) is 3.26. The normalized spacial score (nSPS) is 18.1. The van der Waals surface area contributed by atoms with Gasteiger partial charge in [0, 0.05) is 18.9 Å². The Kier molecular flexibility index (Phi) is 2.24.